The van der Waals surface area contributed by atoms with E-state index in [0.29, 0.717) is 47.9 Å². The largest absolute Gasteiger partial charge is 0.507 e. The lowest BCUT2D eigenvalue weighted by Crippen LogP contribution is -2.42. The SMILES string of the molecule is COC(=O)c1[nH]c(C)c(/C(O)=C2/C(=O)C(=O)N(CCN3CCOCC3)C2c2ccccc2OC)c1C. The summed E-state index contributed by atoms with van der Waals surface area (Å²) in [6.07, 6.45) is 0. The molecule has 0 saturated carbocycles. The number of carbonyl (C=O) groups is 3. The average molecular weight is 498 g/mol. The Morgan fingerprint density at radius 3 is 2.50 bits per heavy atom. The number of aryl methyl sites for hydroxylation is 1. The van der Waals surface area contributed by atoms with Crippen LogP contribution in [0.3, 0.4) is 0 Å². The van der Waals surface area contributed by atoms with Crippen LogP contribution >= 0.6 is 0 Å². The zero-order valence-corrected chi connectivity index (χ0v) is 20.9. The number of aliphatic hydroxyl groups is 1. The molecular weight excluding hydrogens is 466 g/mol. The smallest absolute Gasteiger partial charge is 0.354 e. The monoisotopic (exact) mass is 497 g/mol. The second kappa shape index (κ2) is 10.5. The number of aliphatic hydroxyl groups excluding tert-OH is 1. The molecule has 0 spiro atoms. The molecular formula is C26H31N3O7. The number of carbonyl (C=O) groups excluding carboxylic acids is 3. The van der Waals surface area contributed by atoms with Gasteiger partial charge in [0.2, 0.25) is 0 Å². The van der Waals surface area contributed by atoms with Gasteiger partial charge in [0, 0.05) is 43.0 Å². The molecule has 1 amide bonds. The van der Waals surface area contributed by atoms with Gasteiger partial charge in [-0.1, -0.05) is 18.2 Å². The highest BCUT2D eigenvalue weighted by molar-refractivity contribution is 6.46. The summed E-state index contributed by atoms with van der Waals surface area (Å²) in [7, 11) is 2.78. The van der Waals surface area contributed by atoms with Gasteiger partial charge in [-0.2, -0.15) is 0 Å². The van der Waals surface area contributed by atoms with Crippen LogP contribution in [0.25, 0.3) is 5.76 Å². The first-order valence-electron chi connectivity index (χ1n) is 11.8. The van der Waals surface area contributed by atoms with E-state index in [4.69, 9.17) is 14.2 Å². The Hall–Kier alpha value is -3.63. The van der Waals surface area contributed by atoms with Crippen molar-refractivity contribution in [1.82, 2.24) is 14.8 Å². The van der Waals surface area contributed by atoms with Crippen molar-refractivity contribution in [3.63, 3.8) is 0 Å². The average Bonchev–Trinajstić information content (AvgIpc) is 3.33. The van der Waals surface area contributed by atoms with Crippen LogP contribution in [0.4, 0.5) is 0 Å². The second-order valence-corrected chi connectivity index (χ2v) is 8.81. The Morgan fingerprint density at radius 2 is 1.83 bits per heavy atom. The van der Waals surface area contributed by atoms with E-state index in [1.165, 1.54) is 19.1 Å². The number of amides is 1. The number of para-hydroxylation sites is 1. The zero-order chi connectivity index (χ0) is 26.0. The van der Waals surface area contributed by atoms with Crippen molar-refractivity contribution >= 4 is 23.4 Å². The number of hydrogen-bond donors (Lipinski definition) is 2. The number of aromatic amines is 1. The summed E-state index contributed by atoms with van der Waals surface area (Å²) in [4.78, 5) is 45.5. The first-order valence-corrected chi connectivity index (χ1v) is 11.8. The predicted octanol–water partition coefficient (Wildman–Crippen LogP) is 2.18. The molecule has 10 heteroatoms. The molecule has 192 valence electrons. The minimum Gasteiger partial charge on any atom is -0.507 e. The third-order valence-electron chi connectivity index (χ3n) is 6.80. The van der Waals surface area contributed by atoms with Crippen LogP contribution in [-0.2, 0) is 19.1 Å². The number of aromatic nitrogens is 1. The Kier molecular flexibility index (Phi) is 7.46. The van der Waals surface area contributed by atoms with E-state index in [2.05, 4.69) is 9.88 Å². The van der Waals surface area contributed by atoms with Gasteiger partial charge in [0.05, 0.1) is 39.0 Å². The van der Waals surface area contributed by atoms with E-state index in [-0.39, 0.29) is 23.6 Å². The van der Waals surface area contributed by atoms with E-state index in [9.17, 15) is 19.5 Å². The minimum atomic E-state index is -0.863. The molecule has 2 aromatic rings. The summed E-state index contributed by atoms with van der Waals surface area (Å²) in [5, 5.41) is 11.5. The van der Waals surface area contributed by atoms with Crippen molar-refractivity contribution in [2.45, 2.75) is 19.9 Å². The molecule has 1 aromatic carbocycles. The molecule has 2 N–H and O–H groups in total. The molecule has 0 bridgehead atoms. The fraction of sp³-hybridized carbons (Fsp3) is 0.423. The number of hydrogen-bond acceptors (Lipinski definition) is 8. The number of rotatable bonds is 7. The molecule has 4 rings (SSSR count). The van der Waals surface area contributed by atoms with Crippen LogP contribution in [0.15, 0.2) is 29.8 Å². The van der Waals surface area contributed by atoms with Crippen LogP contribution in [0.5, 0.6) is 5.75 Å². The number of nitrogens with one attached hydrogen (secondary N) is 1. The van der Waals surface area contributed by atoms with Crippen LogP contribution in [0, 0.1) is 13.8 Å². The van der Waals surface area contributed by atoms with Crippen molar-refractivity contribution in [2.75, 3.05) is 53.6 Å². The number of likely N-dealkylation sites (tertiary alicyclic amines) is 1. The molecule has 1 aromatic heterocycles. The highest BCUT2D eigenvalue weighted by Gasteiger charge is 2.47. The number of Topliss-reactive ketones (excluding diaryl/α,β-unsaturated/α-hetero) is 1. The second-order valence-electron chi connectivity index (χ2n) is 8.81. The summed E-state index contributed by atoms with van der Waals surface area (Å²) in [5.74, 6) is -1.93. The lowest BCUT2D eigenvalue weighted by Gasteiger charge is -2.31. The van der Waals surface area contributed by atoms with Crippen LogP contribution < -0.4 is 4.74 Å². The molecule has 3 heterocycles. The summed E-state index contributed by atoms with van der Waals surface area (Å²) >= 11 is 0. The maximum atomic E-state index is 13.4. The lowest BCUT2D eigenvalue weighted by molar-refractivity contribution is -0.140. The van der Waals surface area contributed by atoms with E-state index >= 15 is 0 Å². The number of H-pyrrole nitrogens is 1. The van der Waals surface area contributed by atoms with E-state index in [0.717, 1.165) is 13.1 Å². The van der Waals surface area contributed by atoms with Crippen LogP contribution in [0.2, 0.25) is 0 Å². The van der Waals surface area contributed by atoms with Crippen molar-refractivity contribution in [2.24, 2.45) is 0 Å². The molecule has 36 heavy (non-hydrogen) atoms. The first kappa shape index (κ1) is 25.5. The zero-order valence-electron chi connectivity index (χ0n) is 20.9. The van der Waals surface area contributed by atoms with Crippen LogP contribution in [-0.4, -0.2) is 91.2 Å². The van der Waals surface area contributed by atoms with Crippen molar-refractivity contribution in [3.8, 4) is 5.75 Å². The van der Waals surface area contributed by atoms with Gasteiger partial charge >= 0.3 is 5.97 Å². The Bertz CT molecular complexity index is 1210. The highest BCUT2D eigenvalue weighted by atomic mass is 16.5. The van der Waals surface area contributed by atoms with E-state index in [1.54, 1.807) is 38.1 Å². The lowest BCUT2D eigenvalue weighted by atomic mass is 9.93. The fourth-order valence-electron chi connectivity index (χ4n) is 4.95. The van der Waals surface area contributed by atoms with Gasteiger partial charge in [0.15, 0.2) is 0 Å². The van der Waals surface area contributed by atoms with Gasteiger partial charge < -0.3 is 29.2 Å². The van der Waals surface area contributed by atoms with Gasteiger partial charge in [-0.3, -0.25) is 14.5 Å². The number of methoxy groups -OCH3 is 2. The molecule has 1 atom stereocenters. The maximum Gasteiger partial charge on any atom is 0.354 e. The molecule has 0 radical (unpaired) electrons. The fourth-order valence-corrected chi connectivity index (χ4v) is 4.95. The number of esters is 1. The summed E-state index contributed by atoms with van der Waals surface area (Å²) < 4.78 is 15.8. The Morgan fingerprint density at radius 1 is 1.14 bits per heavy atom. The number of benzene rings is 1. The molecule has 10 nitrogen and oxygen atoms in total. The molecule has 2 aliphatic heterocycles. The molecule has 2 aliphatic rings. The van der Waals surface area contributed by atoms with E-state index < -0.39 is 23.7 Å². The van der Waals surface area contributed by atoms with Crippen molar-refractivity contribution < 1.29 is 33.7 Å². The van der Waals surface area contributed by atoms with Crippen molar-refractivity contribution in [3.05, 3.63) is 57.9 Å². The topological polar surface area (TPSA) is 121 Å². The standard InChI is InChI=1S/C26H31N3O7/c1-15-19(16(2)27-21(15)26(33)35-4)23(30)20-22(17-7-5-6-8-18(17)34-3)29(25(32)24(20)31)10-9-28-11-13-36-14-12-28/h5-8,22,27,30H,9-14H2,1-4H3/b23-20-. The Balaban J connectivity index is 1.84. The molecule has 1 unspecified atom stereocenters. The highest BCUT2D eigenvalue weighted by Crippen LogP contribution is 2.43. The number of ketones is 1. The minimum absolute atomic E-state index is 0.0481. The van der Waals surface area contributed by atoms with Crippen LogP contribution in [0.1, 0.15) is 38.9 Å². The summed E-state index contributed by atoms with van der Waals surface area (Å²) in [6.45, 7) is 6.87. The third kappa shape index (κ3) is 4.49. The van der Waals surface area contributed by atoms with Gasteiger partial charge in [-0.05, 0) is 25.5 Å². The first-order chi connectivity index (χ1) is 17.3. The van der Waals surface area contributed by atoms with Gasteiger partial charge in [0.25, 0.3) is 11.7 Å². The summed E-state index contributed by atoms with van der Waals surface area (Å²) in [5.41, 5.74) is 1.90. The molecule has 0 aliphatic carbocycles. The quantitative estimate of drug-likeness (QED) is 0.258. The third-order valence-corrected chi connectivity index (χ3v) is 6.80. The van der Waals surface area contributed by atoms with Gasteiger partial charge in [0.1, 0.15) is 17.2 Å². The number of ether oxygens (including phenoxy) is 3. The normalized spacial score (nSPS) is 20.1. The van der Waals surface area contributed by atoms with Crippen molar-refractivity contribution in [1.29, 1.82) is 0 Å². The molecule has 2 fully saturated rings. The summed E-state index contributed by atoms with van der Waals surface area (Å²) in [6, 6.07) is 6.26. The van der Waals surface area contributed by atoms with Gasteiger partial charge in [-0.25, -0.2) is 4.79 Å². The number of nitrogens with zero attached hydrogens (tertiary/aromatic N) is 2. The predicted molar refractivity (Wildman–Crippen MR) is 131 cm³/mol. The number of morpholine rings is 1. The van der Waals surface area contributed by atoms with E-state index in [1.807, 2.05) is 0 Å². The van der Waals surface area contributed by atoms with Gasteiger partial charge in [-0.15, -0.1) is 0 Å². The Labute approximate surface area is 209 Å². The maximum absolute atomic E-state index is 13.4. The molecule has 2 saturated heterocycles.